The molecule has 0 spiro atoms. The van der Waals surface area contributed by atoms with Crippen LogP contribution in [0.2, 0.25) is 0 Å². The van der Waals surface area contributed by atoms with Gasteiger partial charge < -0.3 is 4.74 Å². The number of esters is 1. The molecule has 0 aliphatic carbocycles. The summed E-state index contributed by atoms with van der Waals surface area (Å²) >= 11 is 0. The van der Waals surface area contributed by atoms with Crippen LogP contribution in [0.4, 0.5) is 5.69 Å². The zero-order valence-electron chi connectivity index (χ0n) is 8.83. The first-order chi connectivity index (χ1) is 7.69. The number of hydrogen-bond donors (Lipinski definition) is 0. The van der Waals surface area contributed by atoms with Crippen molar-refractivity contribution in [2.75, 3.05) is 0 Å². The standard InChI is InChI=1S/C11H11N3O2/c1-3-11(15)16-8(2)9-6-4-5-7-10(9)13-14-12/h3-8H,1H2,2H3. The van der Waals surface area contributed by atoms with Crippen LogP contribution >= 0.6 is 0 Å². The molecule has 0 aliphatic heterocycles. The SMILES string of the molecule is C=CC(=O)OC(C)c1ccccc1N=[N+]=[N-]. The lowest BCUT2D eigenvalue weighted by Crippen LogP contribution is -2.05. The van der Waals surface area contributed by atoms with Crippen LogP contribution < -0.4 is 0 Å². The van der Waals surface area contributed by atoms with Crippen LogP contribution in [0.15, 0.2) is 42.0 Å². The van der Waals surface area contributed by atoms with Gasteiger partial charge in [0.05, 0.1) is 0 Å². The maximum absolute atomic E-state index is 11.0. The van der Waals surface area contributed by atoms with E-state index < -0.39 is 12.1 Å². The van der Waals surface area contributed by atoms with Crippen molar-refractivity contribution >= 4 is 11.7 Å². The van der Waals surface area contributed by atoms with E-state index in [1.54, 1.807) is 31.2 Å². The number of carbonyl (C=O) groups is 1. The number of hydrogen-bond acceptors (Lipinski definition) is 3. The molecular formula is C11H11N3O2. The molecule has 0 bridgehead atoms. The van der Waals surface area contributed by atoms with Gasteiger partial charge in [0.1, 0.15) is 6.10 Å². The van der Waals surface area contributed by atoms with Crippen LogP contribution in [-0.4, -0.2) is 5.97 Å². The number of benzene rings is 1. The lowest BCUT2D eigenvalue weighted by atomic mass is 10.1. The summed E-state index contributed by atoms with van der Waals surface area (Å²) in [4.78, 5) is 13.7. The molecule has 1 atom stereocenters. The molecular weight excluding hydrogens is 206 g/mol. The second-order valence-corrected chi connectivity index (χ2v) is 3.03. The van der Waals surface area contributed by atoms with Crippen LogP contribution in [0.5, 0.6) is 0 Å². The van der Waals surface area contributed by atoms with E-state index in [-0.39, 0.29) is 0 Å². The van der Waals surface area contributed by atoms with Crippen LogP contribution in [0.1, 0.15) is 18.6 Å². The van der Waals surface area contributed by atoms with Crippen LogP contribution in [-0.2, 0) is 9.53 Å². The molecule has 0 amide bonds. The van der Waals surface area contributed by atoms with Gasteiger partial charge in [0, 0.05) is 22.2 Å². The number of rotatable bonds is 4. The summed E-state index contributed by atoms with van der Waals surface area (Å²) in [6, 6.07) is 6.93. The highest BCUT2D eigenvalue weighted by Crippen LogP contribution is 2.27. The first-order valence-corrected chi connectivity index (χ1v) is 4.66. The van der Waals surface area contributed by atoms with Gasteiger partial charge in [0.15, 0.2) is 0 Å². The lowest BCUT2D eigenvalue weighted by Gasteiger charge is -2.13. The molecule has 0 saturated heterocycles. The molecule has 16 heavy (non-hydrogen) atoms. The topological polar surface area (TPSA) is 75.1 Å². The van der Waals surface area contributed by atoms with Crippen LogP contribution in [0, 0.1) is 0 Å². The highest BCUT2D eigenvalue weighted by molar-refractivity contribution is 5.81. The van der Waals surface area contributed by atoms with Gasteiger partial charge in [-0.1, -0.05) is 36.0 Å². The molecule has 1 unspecified atom stereocenters. The molecule has 1 aromatic rings. The molecule has 1 rings (SSSR count). The summed E-state index contributed by atoms with van der Waals surface area (Å²) in [6.45, 7) is 5.01. The monoisotopic (exact) mass is 217 g/mol. The molecule has 0 aromatic heterocycles. The van der Waals surface area contributed by atoms with Gasteiger partial charge in [-0.2, -0.15) is 0 Å². The van der Waals surface area contributed by atoms with Gasteiger partial charge in [0.25, 0.3) is 0 Å². The van der Waals surface area contributed by atoms with Crippen molar-refractivity contribution in [1.82, 2.24) is 0 Å². The largest absolute Gasteiger partial charge is 0.455 e. The van der Waals surface area contributed by atoms with E-state index in [2.05, 4.69) is 16.6 Å². The van der Waals surface area contributed by atoms with E-state index in [0.717, 1.165) is 6.08 Å². The Balaban J connectivity index is 2.98. The maximum Gasteiger partial charge on any atom is 0.330 e. The van der Waals surface area contributed by atoms with Crippen LogP contribution in [0.25, 0.3) is 10.4 Å². The van der Waals surface area contributed by atoms with E-state index >= 15 is 0 Å². The van der Waals surface area contributed by atoms with Crippen molar-refractivity contribution in [2.45, 2.75) is 13.0 Å². The number of nitrogens with zero attached hydrogens (tertiary/aromatic N) is 3. The summed E-state index contributed by atoms with van der Waals surface area (Å²) in [5.41, 5.74) is 9.50. The fourth-order valence-corrected chi connectivity index (χ4v) is 1.26. The Labute approximate surface area is 93.0 Å². The van der Waals surface area contributed by atoms with Crippen LogP contribution in [0.3, 0.4) is 0 Å². The lowest BCUT2D eigenvalue weighted by molar-refractivity contribution is -0.142. The first kappa shape index (κ1) is 11.8. The summed E-state index contributed by atoms with van der Waals surface area (Å²) in [5.74, 6) is -0.511. The average Bonchev–Trinajstić information content (AvgIpc) is 2.30. The highest BCUT2D eigenvalue weighted by atomic mass is 16.5. The predicted molar refractivity (Wildman–Crippen MR) is 60.0 cm³/mol. The van der Waals surface area contributed by atoms with E-state index in [1.807, 2.05) is 0 Å². The predicted octanol–water partition coefficient (Wildman–Crippen LogP) is 3.42. The Morgan fingerprint density at radius 2 is 2.31 bits per heavy atom. The van der Waals surface area contributed by atoms with Crippen molar-refractivity contribution < 1.29 is 9.53 Å². The normalized spacial score (nSPS) is 11.1. The van der Waals surface area contributed by atoms with Gasteiger partial charge >= 0.3 is 5.97 Å². The molecule has 0 saturated carbocycles. The van der Waals surface area contributed by atoms with E-state index in [0.29, 0.717) is 11.3 Å². The van der Waals surface area contributed by atoms with Crippen molar-refractivity contribution in [3.05, 3.63) is 52.9 Å². The number of carbonyl (C=O) groups excluding carboxylic acids is 1. The minimum Gasteiger partial charge on any atom is -0.455 e. The van der Waals surface area contributed by atoms with Crippen molar-refractivity contribution in [3.8, 4) is 0 Å². The molecule has 5 heteroatoms. The van der Waals surface area contributed by atoms with Gasteiger partial charge in [-0.15, -0.1) is 0 Å². The van der Waals surface area contributed by atoms with Gasteiger partial charge in [-0.05, 0) is 12.5 Å². The van der Waals surface area contributed by atoms with E-state index in [9.17, 15) is 4.79 Å². The molecule has 5 nitrogen and oxygen atoms in total. The second kappa shape index (κ2) is 5.58. The van der Waals surface area contributed by atoms with Gasteiger partial charge in [-0.25, -0.2) is 4.79 Å². The van der Waals surface area contributed by atoms with E-state index in [1.165, 1.54) is 0 Å². The summed E-state index contributed by atoms with van der Waals surface area (Å²) in [5, 5.41) is 3.52. The quantitative estimate of drug-likeness (QED) is 0.255. The third-order valence-corrected chi connectivity index (χ3v) is 1.99. The Hall–Kier alpha value is -2.26. The Morgan fingerprint density at radius 3 is 2.94 bits per heavy atom. The summed E-state index contributed by atoms with van der Waals surface area (Å²) in [7, 11) is 0. The van der Waals surface area contributed by atoms with E-state index in [4.69, 9.17) is 10.3 Å². The van der Waals surface area contributed by atoms with Crippen molar-refractivity contribution in [3.63, 3.8) is 0 Å². The third kappa shape index (κ3) is 2.87. The minimum atomic E-state index is -0.511. The van der Waals surface area contributed by atoms with Crippen molar-refractivity contribution in [2.24, 2.45) is 5.11 Å². The summed E-state index contributed by atoms with van der Waals surface area (Å²) in [6.07, 6.45) is 0.611. The number of ether oxygens (including phenoxy) is 1. The van der Waals surface area contributed by atoms with Gasteiger partial charge in [-0.3, -0.25) is 0 Å². The molecule has 0 heterocycles. The van der Waals surface area contributed by atoms with Crippen molar-refractivity contribution in [1.29, 1.82) is 0 Å². The third-order valence-electron chi connectivity index (χ3n) is 1.99. The Morgan fingerprint density at radius 1 is 1.62 bits per heavy atom. The number of azide groups is 1. The zero-order valence-corrected chi connectivity index (χ0v) is 8.83. The maximum atomic E-state index is 11.0. The minimum absolute atomic E-state index is 0.453. The zero-order chi connectivity index (χ0) is 12.0. The highest BCUT2D eigenvalue weighted by Gasteiger charge is 2.12. The average molecular weight is 217 g/mol. The Kier molecular flexibility index (Phi) is 4.12. The molecule has 0 aliphatic rings. The smallest absolute Gasteiger partial charge is 0.330 e. The first-order valence-electron chi connectivity index (χ1n) is 4.66. The fraction of sp³-hybridized carbons (Fsp3) is 0.182. The molecule has 1 aromatic carbocycles. The Bertz CT molecular complexity index is 450. The van der Waals surface area contributed by atoms with Gasteiger partial charge in [0.2, 0.25) is 0 Å². The molecule has 0 fully saturated rings. The molecule has 0 N–H and O–H groups in total. The summed E-state index contributed by atoms with van der Waals surface area (Å²) < 4.78 is 5.03. The molecule has 0 radical (unpaired) electrons. The molecule has 82 valence electrons. The second-order valence-electron chi connectivity index (χ2n) is 3.03. The fourth-order valence-electron chi connectivity index (χ4n) is 1.26.